The first-order chi connectivity index (χ1) is 17.3. The summed E-state index contributed by atoms with van der Waals surface area (Å²) in [5.74, 6) is -1.92. The van der Waals surface area contributed by atoms with Gasteiger partial charge in [-0.2, -0.15) is 9.36 Å². The summed E-state index contributed by atoms with van der Waals surface area (Å²) in [5.41, 5.74) is 6.08. The Kier molecular flexibility index (Phi) is 7.91. The Hall–Kier alpha value is -3.43. The number of nitrogens with one attached hydrogen (secondary N) is 1. The molecule has 4 rings (SSSR count). The third kappa shape index (κ3) is 5.37. The number of carbonyl (C=O) groups excluding carboxylic acids is 2. The predicted molar refractivity (Wildman–Crippen MR) is 138 cm³/mol. The SMILES string of the molecule is C=CCON=C(C(=O)NC1C(=O)N2CC(SC=Cc3ccccn3)(C(=O)O)CS[C@H]12)c1nsc(N)n1. The van der Waals surface area contributed by atoms with Gasteiger partial charge in [-0.25, -0.2) is 0 Å². The smallest absolute Gasteiger partial charge is 0.322 e. The minimum atomic E-state index is -1.23. The van der Waals surface area contributed by atoms with Crippen molar-refractivity contribution in [3.8, 4) is 0 Å². The minimum absolute atomic E-state index is 0.00397. The summed E-state index contributed by atoms with van der Waals surface area (Å²) in [4.78, 5) is 52.6. The van der Waals surface area contributed by atoms with Crippen molar-refractivity contribution >= 4 is 69.8 Å². The largest absolute Gasteiger partial charge is 0.480 e. The molecule has 2 aromatic rings. The first kappa shape index (κ1) is 25.7. The molecule has 0 aliphatic carbocycles. The van der Waals surface area contributed by atoms with Crippen molar-refractivity contribution in [1.82, 2.24) is 24.6 Å². The van der Waals surface area contributed by atoms with Gasteiger partial charge in [-0.3, -0.25) is 19.4 Å². The number of β-lactam (4-membered cyclic amide) rings is 1. The van der Waals surface area contributed by atoms with Crippen molar-refractivity contribution in [3.63, 3.8) is 0 Å². The number of aliphatic carboxylic acids is 1. The number of carboxylic acid groups (broad SMARTS) is 1. The lowest BCUT2D eigenvalue weighted by Crippen LogP contribution is -2.74. The van der Waals surface area contributed by atoms with Gasteiger partial charge in [0, 0.05) is 30.0 Å². The van der Waals surface area contributed by atoms with E-state index in [1.165, 1.54) is 22.7 Å². The second-order valence-electron chi connectivity index (χ2n) is 7.57. The summed E-state index contributed by atoms with van der Waals surface area (Å²) < 4.78 is 2.75. The summed E-state index contributed by atoms with van der Waals surface area (Å²) in [6.07, 6.45) is 4.82. The second kappa shape index (κ2) is 11.1. The first-order valence-corrected chi connectivity index (χ1v) is 13.2. The summed E-state index contributed by atoms with van der Waals surface area (Å²) in [6.45, 7) is 3.56. The van der Waals surface area contributed by atoms with Crippen LogP contribution in [-0.4, -0.2) is 82.9 Å². The van der Waals surface area contributed by atoms with E-state index in [9.17, 15) is 19.5 Å². The monoisotopic (exact) mass is 547 g/mol. The standard InChI is InChI=1S/C21H21N7O5S3/c1-2-8-33-26-13(15-25-20(22)36-27-15)16(29)24-14-17(30)28-10-21(19(31)32,11-34-18(14)28)35-9-6-12-5-3-4-7-23-12/h2-7,9,14,18H,1,8,10-11H2,(H,24,29)(H,31,32)(H2,22,25,27)/t14?,18-,21?/m1/s1. The highest BCUT2D eigenvalue weighted by Crippen LogP contribution is 2.44. The second-order valence-corrected chi connectivity index (χ2v) is 10.8. The van der Waals surface area contributed by atoms with Crippen LogP contribution in [0.1, 0.15) is 11.5 Å². The summed E-state index contributed by atoms with van der Waals surface area (Å²) in [6, 6.07) is 4.57. The highest BCUT2D eigenvalue weighted by molar-refractivity contribution is 8.06. The summed E-state index contributed by atoms with van der Waals surface area (Å²) in [7, 11) is 0. The van der Waals surface area contributed by atoms with E-state index < -0.39 is 33.9 Å². The number of oxime groups is 1. The normalized spacial score (nSPS) is 23.6. The summed E-state index contributed by atoms with van der Waals surface area (Å²) in [5, 5.41) is 17.8. The van der Waals surface area contributed by atoms with Gasteiger partial charge in [0.15, 0.2) is 5.13 Å². The van der Waals surface area contributed by atoms with Gasteiger partial charge < -0.3 is 25.9 Å². The van der Waals surface area contributed by atoms with E-state index in [-0.39, 0.29) is 35.6 Å². The number of nitrogens with two attached hydrogens (primary N) is 1. The minimum Gasteiger partial charge on any atom is -0.480 e. The maximum Gasteiger partial charge on any atom is 0.322 e. The van der Waals surface area contributed by atoms with Crippen molar-refractivity contribution in [2.45, 2.75) is 16.2 Å². The van der Waals surface area contributed by atoms with Crippen LogP contribution in [0.5, 0.6) is 0 Å². The number of pyridine rings is 1. The fourth-order valence-electron chi connectivity index (χ4n) is 3.39. The average molecular weight is 548 g/mol. The number of anilines is 1. The van der Waals surface area contributed by atoms with E-state index >= 15 is 0 Å². The predicted octanol–water partition coefficient (Wildman–Crippen LogP) is 1.05. The Morgan fingerprint density at radius 3 is 2.97 bits per heavy atom. The fourth-order valence-corrected chi connectivity index (χ4v) is 6.47. The molecule has 15 heteroatoms. The Balaban J connectivity index is 1.43. The quantitative estimate of drug-likeness (QED) is 0.128. The number of hydrogen-bond donors (Lipinski definition) is 3. The topological polar surface area (TPSA) is 173 Å². The van der Waals surface area contributed by atoms with Crippen LogP contribution in [0.2, 0.25) is 0 Å². The number of carbonyl (C=O) groups is 3. The van der Waals surface area contributed by atoms with Gasteiger partial charge in [0.2, 0.25) is 17.4 Å². The number of nitrogens with zero attached hydrogens (tertiary/aromatic N) is 5. The van der Waals surface area contributed by atoms with Crippen LogP contribution in [0.3, 0.4) is 0 Å². The molecule has 4 heterocycles. The molecular weight excluding hydrogens is 526 g/mol. The molecule has 0 bridgehead atoms. The summed E-state index contributed by atoms with van der Waals surface area (Å²) >= 11 is 3.30. The Bertz CT molecular complexity index is 1220. The Labute approximate surface area is 218 Å². The maximum absolute atomic E-state index is 12.9. The molecule has 2 aliphatic rings. The molecule has 188 valence electrons. The molecular formula is C21H21N7O5S3. The van der Waals surface area contributed by atoms with E-state index in [2.05, 4.69) is 31.4 Å². The Morgan fingerprint density at radius 1 is 1.47 bits per heavy atom. The lowest BCUT2D eigenvalue weighted by Gasteiger charge is -2.53. The van der Waals surface area contributed by atoms with Crippen molar-refractivity contribution in [3.05, 3.63) is 54.0 Å². The third-order valence-electron chi connectivity index (χ3n) is 5.17. The molecule has 36 heavy (non-hydrogen) atoms. The number of aromatic nitrogens is 3. The van der Waals surface area contributed by atoms with Crippen LogP contribution in [-0.2, 0) is 19.2 Å². The van der Waals surface area contributed by atoms with Crippen molar-refractivity contribution in [2.75, 3.05) is 24.6 Å². The van der Waals surface area contributed by atoms with Gasteiger partial charge in [0.25, 0.3) is 5.91 Å². The number of rotatable bonds is 10. The molecule has 12 nitrogen and oxygen atoms in total. The molecule has 4 N–H and O–H groups in total. The van der Waals surface area contributed by atoms with Gasteiger partial charge in [0.05, 0.1) is 5.69 Å². The van der Waals surface area contributed by atoms with Crippen molar-refractivity contribution in [2.24, 2.45) is 5.16 Å². The van der Waals surface area contributed by atoms with Gasteiger partial charge in [-0.05, 0) is 23.6 Å². The van der Waals surface area contributed by atoms with Gasteiger partial charge >= 0.3 is 5.97 Å². The number of amides is 2. The van der Waals surface area contributed by atoms with Crippen LogP contribution >= 0.6 is 35.1 Å². The molecule has 2 aromatic heterocycles. The molecule has 2 fully saturated rings. The molecule has 0 saturated carbocycles. The number of carboxylic acids is 1. The highest BCUT2D eigenvalue weighted by atomic mass is 32.2. The first-order valence-electron chi connectivity index (χ1n) is 10.5. The average Bonchev–Trinajstić information content (AvgIpc) is 3.31. The fraction of sp³-hybridized carbons (Fsp3) is 0.286. The molecule has 2 saturated heterocycles. The van der Waals surface area contributed by atoms with Crippen LogP contribution in [0, 0.1) is 0 Å². The van der Waals surface area contributed by atoms with Crippen LogP contribution in [0.25, 0.3) is 6.08 Å². The Morgan fingerprint density at radius 2 is 2.31 bits per heavy atom. The van der Waals surface area contributed by atoms with Crippen molar-refractivity contribution < 1.29 is 24.3 Å². The number of thioether (sulfide) groups is 2. The van der Waals surface area contributed by atoms with Gasteiger partial charge in [-0.1, -0.05) is 23.9 Å². The molecule has 2 aliphatic heterocycles. The zero-order valence-corrected chi connectivity index (χ0v) is 21.1. The third-order valence-corrected chi connectivity index (χ3v) is 8.59. The number of nitrogen functional groups attached to an aromatic ring is 1. The molecule has 2 unspecified atom stereocenters. The van der Waals surface area contributed by atoms with E-state index in [4.69, 9.17) is 10.6 Å². The van der Waals surface area contributed by atoms with Crippen LogP contribution in [0.4, 0.5) is 5.13 Å². The van der Waals surface area contributed by atoms with Crippen LogP contribution in [0.15, 0.2) is 47.6 Å². The van der Waals surface area contributed by atoms with Crippen LogP contribution < -0.4 is 11.1 Å². The van der Waals surface area contributed by atoms with E-state index in [0.717, 1.165) is 23.3 Å². The highest BCUT2D eigenvalue weighted by Gasteiger charge is 2.57. The molecule has 0 radical (unpaired) electrons. The van der Waals surface area contributed by atoms with E-state index in [1.54, 1.807) is 29.8 Å². The molecule has 0 aromatic carbocycles. The zero-order valence-electron chi connectivity index (χ0n) is 18.6. The number of hydrogen-bond acceptors (Lipinski definition) is 12. The molecule has 2 amide bonds. The maximum atomic E-state index is 12.9. The van der Waals surface area contributed by atoms with E-state index in [0.29, 0.717) is 5.69 Å². The molecule has 3 atom stereocenters. The lowest BCUT2D eigenvalue weighted by molar-refractivity contribution is -0.151. The lowest BCUT2D eigenvalue weighted by atomic mass is 10.0. The van der Waals surface area contributed by atoms with Gasteiger partial charge in [-0.15, -0.1) is 23.5 Å². The van der Waals surface area contributed by atoms with Gasteiger partial charge in [0.1, 0.15) is 22.8 Å². The zero-order chi connectivity index (χ0) is 25.7. The number of fused-ring (bicyclic) bond motifs is 1. The van der Waals surface area contributed by atoms with Crippen molar-refractivity contribution in [1.29, 1.82) is 0 Å². The molecule has 0 spiro atoms. The van der Waals surface area contributed by atoms with E-state index in [1.807, 2.05) is 6.07 Å².